The Labute approximate surface area is 187 Å². The van der Waals surface area contributed by atoms with Crippen LogP contribution in [0, 0.1) is 0 Å². The summed E-state index contributed by atoms with van der Waals surface area (Å²) < 4.78 is 11.0. The molecule has 2 atom stereocenters. The molecule has 0 radical (unpaired) electrons. The third-order valence-electron chi connectivity index (χ3n) is 6.30. The Morgan fingerprint density at radius 1 is 1.03 bits per heavy atom. The number of fused-ring (bicyclic) bond motifs is 2. The third kappa shape index (κ3) is 5.73. The lowest BCUT2D eigenvalue weighted by molar-refractivity contribution is -0.106. The van der Waals surface area contributed by atoms with E-state index in [9.17, 15) is 4.21 Å². The fourth-order valence-corrected chi connectivity index (χ4v) is 5.33. The van der Waals surface area contributed by atoms with Crippen molar-refractivity contribution in [1.82, 2.24) is 5.32 Å². The summed E-state index contributed by atoms with van der Waals surface area (Å²) in [6.45, 7) is 1.09. The molecule has 1 aliphatic heterocycles. The van der Waals surface area contributed by atoms with E-state index in [-0.39, 0.29) is 6.41 Å². The van der Waals surface area contributed by atoms with Crippen molar-refractivity contribution in [3.63, 3.8) is 0 Å². The first-order chi connectivity index (χ1) is 15.1. The number of anilines is 1. The van der Waals surface area contributed by atoms with Gasteiger partial charge in [0.1, 0.15) is 11.0 Å². The van der Waals surface area contributed by atoms with Gasteiger partial charge in [-0.25, -0.2) is 9.35 Å². The van der Waals surface area contributed by atoms with E-state index < -0.39 is 11.0 Å². The second-order valence-corrected chi connectivity index (χ2v) is 9.20. The lowest BCUT2D eigenvalue weighted by atomic mass is 9.99. The molecule has 0 bridgehead atoms. The van der Waals surface area contributed by atoms with E-state index in [0.717, 1.165) is 6.54 Å². The molecule has 1 heterocycles. The van der Waals surface area contributed by atoms with Gasteiger partial charge in [0.25, 0.3) is 0 Å². The molecule has 6 N–H and O–H groups in total. The van der Waals surface area contributed by atoms with Crippen molar-refractivity contribution in [3.05, 3.63) is 58.1 Å². The molecule has 2 aromatic carbocycles. The highest BCUT2D eigenvalue weighted by Gasteiger charge is 2.22. The van der Waals surface area contributed by atoms with Gasteiger partial charge in [0, 0.05) is 18.8 Å². The highest BCUT2D eigenvalue weighted by Crippen LogP contribution is 2.38. The predicted octanol–water partition coefficient (Wildman–Crippen LogP) is 2.90. The number of aryl methyl sites for hydroxylation is 2. The summed E-state index contributed by atoms with van der Waals surface area (Å²) >= 11 is 0. The average Bonchev–Trinajstić information content (AvgIpc) is 3.54. The van der Waals surface area contributed by atoms with Gasteiger partial charge in [-0.05, 0) is 97.9 Å². The summed E-state index contributed by atoms with van der Waals surface area (Å²) in [4.78, 5) is 9.27. The van der Waals surface area contributed by atoms with E-state index in [1.807, 2.05) is 24.3 Å². The van der Waals surface area contributed by atoms with Crippen LogP contribution in [0.3, 0.4) is 0 Å². The van der Waals surface area contributed by atoms with Gasteiger partial charge in [-0.3, -0.25) is 4.79 Å². The lowest BCUT2D eigenvalue weighted by Crippen LogP contribution is -2.12. The maximum absolute atomic E-state index is 11.0. The number of hydrogen-bond donors (Lipinski definition) is 4. The molecule has 0 spiro atoms. The standard InChI is InChI=1S/C13H17N.C10H14N2OS.CH3NO/c1-14-13-11-6-2-4-9(11)8-10-5-3-7-12(10)13;11-14(13)9-5-3-8(4-6-9)10-2-1-7-12-10;2-1-3/h8,14H,2-7H2,1H3;3-6,10,12H,1-2,7,11H2;1H,(H2,2,3). The largest absolute Gasteiger partial charge is 0.388 e. The topological polar surface area (TPSA) is 110 Å². The quantitative estimate of drug-likeness (QED) is 0.548. The molecule has 3 aliphatic rings. The fourth-order valence-electron chi connectivity index (χ4n) is 4.92. The van der Waals surface area contributed by atoms with Crippen molar-refractivity contribution in [3.8, 4) is 0 Å². The molecular weight excluding hydrogens is 408 g/mol. The predicted molar refractivity (Wildman–Crippen MR) is 127 cm³/mol. The third-order valence-corrected chi connectivity index (χ3v) is 7.03. The van der Waals surface area contributed by atoms with Crippen molar-refractivity contribution in [1.29, 1.82) is 0 Å². The van der Waals surface area contributed by atoms with Crippen LogP contribution in [0.4, 0.5) is 5.69 Å². The number of hydrogen-bond acceptors (Lipinski definition) is 4. The first-order valence-corrected chi connectivity index (χ1v) is 12.3. The molecule has 1 saturated heterocycles. The van der Waals surface area contributed by atoms with Gasteiger partial charge < -0.3 is 16.4 Å². The summed E-state index contributed by atoms with van der Waals surface area (Å²) in [6.07, 6.45) is 10.6. The maximum Gasteiger partial charge on any atom is 0.204 e. The Morgan fingerprint density at radius 3 is 2.06 bits per heavy atom. The van der Waals surface area contributed by atoms with Crippen LogP contribution in [0.25, 0.3) is 0 Å². The zero-order chi connectivity index (χ0) is 22.2. The van der Waals surface area contributed by atoms with Crippen molar-refractivity contribution < 1.29 is 9.00 Å². The van der Waals surface area contributed by atoms with Gasteiger partial charge in [0.2, 0.25) is 6.41 Å². The first kappa shape index (κ1) is 23.4. The molecule has 7 heteroatoms. The number of nitrogens with one attached hydrogen (secondary N) is 2. The second kappa shape index (κ2) is 11.4. The Hall–Kier alpha value is -2.22. The number of primary amides is 1. The minimum Gasteiger partial charge on any atom is -0.388 e. The SMILES string of the molecule is CNc1c2c(cc3c1CCC3)CCC2.NC=O.NS(=O)c1ccc(C2CCCN2)cc1. The molecule has 2 unspecified atom stereocenters. The zero-order valence-corrected chi connectivity index (χ0v) is 19.1. The van der Waals surface area contributed by atoms with Crippen LogP contribution in [0.5, 0.6) is 0 Å². The van der Waals surface area contributed by atoms with E-state index in [2.05, 4.69) is 29.5 Å². The zero-order valence-electron chi connectivity index (χ0n) is 18.3. The van der Waals surface area contributed by atoms with Crippen molar-refractivity contribution in [2.24, 2.45) is 10.9 Å². The van der Waals surface area contributed by atoms with E-state index in [4.69, 9.17) is 9.93 Å². The molecule has 6 nitrogen and oxygen atoms in total. The van der Waals surface area contributed by atoms with Gasteiger partial charge in [-0.2, -0.15) is 0 Å². The lowest BCUT2D eigenvalue weighted by Gasteiger charge is -2.14. The average molecular weight is 443 g/mol. The van der Waals surface area contributed by atoms with Crippen molar-refractivity contribution in [2.45, 2.75) is 62.3 Å². The molecule has 2 aromatic rings. The summed E-state index contributed by atoms with van der Waals surface area (Å²) in [5.41, 5.74) is 13.4. The minimum absolute atomic E-state index is 0.250. The van der Waals surface area contributed by atoms with Crippen LogP contribution in [-0.4, -0.2) is 24.2 Å². The summed E-state index contributed by atoms with van der Waals surface area (Å²) in [6, 6.07) is 10.6. The number of amides is 1. The molecule has 5 rings (SSSR count). The number of benzene rings is 2. The van der Waals surface area contributed by atoms with E-state index in [1.165, 1.54) is 62.6 Å². The van der Waals surface area contributed by atoms with Crippen LogP contribution in [0.2, 0.25) is 0 Å². The van der Waals surface area contributed by atoms with E-state index in [0.29, 0.717) is 10.9 Å². The Morgan fingerprint density at radius 2 is 1.61 bits per heavy atom. The minimum atomic E-state index is -1.36. The Bertz CT molecular complexity index is 877. The first-order valence-electron chi connectivity index (χ1n) is 11.1. The molecule has 2 aliphatic carbocycles. The van der Waals surface area contributed by atoms with Crippen LogP contribution in [0.15, 0.2) is 35.2 Å². The highest BCUT2D eigenvalue weighted by molar-refractivity contribution is 7.82. The molecule has 31 heavy (non-hydrogen) atoms. The fraction of sp³-hybridized carbons (Fsp3) is 0.458. The molecular formula is C24H34N4O2S. The summed E-state index contributed by atoms with van der Waals surface area (Å²) in [5.74, 6) is 0. The Balaban J connectivity index is 0.000000156. The van der Waals surface area contributed by atoms with Crippen LogP contribution < -0.4 is 21.5 Å². The van der Waals surface area contributed by atoms with Crippen LogP contribution in [-0.2, 0) is 41.5 Å². The van der Waals surface area contributed by atoms with Crippen molar-refractivity contribution in [2.75, 3.05) is 18.9 Å². The van der Waals surface area contributed by atoms with Crippen molar-refractivity contribution >= 4 is 23.1 Å². The Kier molecular flexibility index (Phi) is 8.63. The maximum atomic E-state index is 11.0. The van der Waals surface area contributed by atoms with E-state index in [1.54, 1.807) is 22.3 Å². The monoisotopic (exact) mass is 442 g/mol. The normalized spacial score (nSPS) is 19.2. The molecule has 1 amide bonds. The second-order valence-electron chi connectivity index (χ2n) is 8.14. The number of carbonyl (C=O) groups is 1. The smallest absolute Gasteiger partial charge is 0.204 e. The number of carbonyl (C=O) groups excluding carboxylic acids is 1. The van der Waals surface area contributed by atoms with E-state index >= 15 is 0 Å². The molecule has 0 aromatic heterocycles. The molecule has 1 fully saturated rings. The summed E-state index contributed by atoms with van der Waals surface area (Å²) in [5, 5.41) is 12.1. The number of rotatable bonds is 3. The van der Waals surface area contributed by atoms with Gasteiger partial charge in [0.15, 0.2) is 0 Å². The van der Waals surface area contributed by atoms with Gasteiger partial charge in [-0.15, -0.1) is 0 Å². The molecule has 0 saturated carbocycles. The van der Waals surface area contributed by atoms with Gasteiger partial charge in [-0.1, -0.05) is 18.2 Å². The van der Waals surface area contributed by atoms with Crippen LogP contribution in [0.1, 0.15) is 59.5 Å². The number of nitrogens with two attached hydrogens (primary N) is 2. The molecule has 168 valence electrons. The van der Waals surface area contributed by atoms with Crippen LogP contribution >= 0.6 is 0 Å². The van der Waals surface area contributed by atoms with Gasteiger partial charge >= 0.3 is 0 Å². The van der Waals surface area contributed by atoms with Gasteiger partial charge in [0.05, 0.1) is 4.90 Å². The highest BCUT2D eigenvalue weighted by atomic mass is 32.2. The summed E-state index contributed by atoms with van der Waals surface area (Å²) in [7, 11) is 0.717.